The highest BCUT2D eigenvalue weighted by Crippen LogP contribution is 2.32. The van der Waals surface area contributed by atoms with Crippen molar-refractivity contribution in [2.45, 2.75) is 37.9 Å². The number of rotatable bonds is 7. The molecule has 0 saturated carbocycles. The van der Waals surface area contributed by atoms with Crippen LogP contribution in [0.25, 0.3) is 11.2 Å². The fourth-order valence-electron chi connectivity index (χ4n) is 3.98. The van der Waals surface area contributed by atoms with Gasteiger partial charge in [0.05, 0.1) is 23.8 Å². The number of nitrogens with zero attached hydrogens (tertiary/aromatic N) is 2. The van der Waals surface area contributed by atoms with Gasteiger partial charge in [-0.25, -0.2) is 13.8 Å². The lowest BCUT2D eigenvalue weighted by Crippen LogP contribution is -2.35. The molecule has 2 aliphatic heterocycles. The van der Waals surface area contributed by atoms with Gasteiger partial charge in [0.15, 0.2) is 11.8 Å². The van der Waals surface area contributed by atoms with E-state index < -0.39 is 11.6 Å². The Bertz CT molecular complexity index is 1110. The quantitative estimate of drug-likeness (QED) is 0.551. The average molecular weight is 467 g/mol. The molecule has 2 aliphatic rings. The second-order valence-electron chi connectivity index (χ2n) is 7.53. The van der Waals surface area contributed by atoms with Crippen LogP contribution in [-0.2, 0) is 20.8 Å². The molecule has 0 aliphatic carbocycles. The van der Waals surface area contributed by atoms with E-state index in [4.69, 9.17) is 30.5 Å². The summed E-state index contributed by atoms with van der Waals surface area (Å²) in [7, 11) is 0. The normalized spacial score (nSPS) is 24.8. The van der Waals surface area contributed by atoms with Crippen LogP contribution in [0.15, 0.2) is 24.3 Å². The third-order valence-corrected chi connectivity index (χ3v) is 5.79. The van der Waals surface area contributed by atoms with Crippen LogP contribution < -0.4 is 10.1 Å². The smallest absolute Gasteiger partial charge is 0.296 e. The zero-order valence-corrected chi connectivity index (χ0v) is 17.9. The molecule has 1 aromatic carbocycles. The standard InChI is InChI=1S/C21H21ClF2N4O4/c1-2-29-15-8-30-18-16(9-31-17(15)18)32-21-26-14-6-11(22)19(27-20(14)28-21)25-7-10-12(23)4-3-5-13(10)24/h3-6,15-18H,2,7-9H2,1H3,(H2,25,26,27,28)/t15-,16-,17-,18-/m1/s1. The Balaban J connectivity index is 1.30. The van der Waals surface area contributed by atoms with Gasteiger partial charge >= 0.3 is 0 Å². The van der Waals surface area contributed by atoms with Gasteiger partial charge in [0.1, 0.15) is 35.8 Å². The summed E-state index contributed by atoms with van der Waals surface area (Å²) in [5, 5.41) is 3.13. The molecule has 4 heterocycles. The number of benzene rings is 1. The summed E-state index contributed by atoms with van der Waals surface area (Å²) in [6.07, 6.45) is -0.874. The number of imidazole rings is 1. The van der Waals surface area contributed by atoms with Crippen molar-refractivity contribution >= 4 is 28.6 Å². The monoisotopic (exact) mass is 466 g/mol. The van der Waals surface area contributed by atoms with Gasteiger partial charge in [-0.1, -0.05) is 17.7 Å². The van der Waals surface area contributed by atoms with Crippen molar-refractivity contribution in [3.05, 3.63) is 46.5 Å². The molecular formula is C21H21ClF2N4O4. The summed E-state index contributed by atoms with van der Waals surface area (Å²) < 4.78 is 51.0. The van der Waals surface area contributed by atoms with Gasteiger partial charge in [0.25, 0.3) is 6.01 Å². The van der Waals surface area contributed by atoms with Crippen molar-refractivity contribution in [3.8, 4) is 6.01 Å². The highest BCUT2D eigenvalue weighted by atomic mass is 35.5. The Morgan fingerprint density at radius 1 is 1.16 bits per heavy atom. The fourth-order valence-corrected chi connectivity index (χ4v) is 4.20. The Hall–Kier alpha value is -2.53. The first-order valence-corrected chi connectivity index (χ1v) is 10.7. The maximum Gasteiger partial charge on any atom is 0.296 e. The van der Waals surface area contributed by atoms with Gasteiger partial charge in [0, 0.05) is 18.7 Å². The maximum atomic E-state index is 13.9. The van der Waals surface area contributed by atoms with Crippen molar-refractivity contribution in [2.75, 3.05) is 25.1 Å². The Morgan fingerprint density at radius 3 is 2.62 bits per heavy atom. The number of nitrogens with one attached hydrogen (secondary N) is 2. The van der Waals surface area contributed by atoms with Crippen LogP contribution in [0.5, 0.6) is 6.01 Å². The van der Waals surface area contributed by atoms with Crippen molar-refractivity contribution in [1.82, 2.24) is 15.0 Å². The number of pyridine rings is 1. The van der Waals surface area contributed by atoms with Crippen LogP contribution in [0.1, 0.15) is 12.5 Å². The number of fused-ring (bicyclic) bond motifs is 2. The maximum absolute atomic E-state index is 13.9. The number of anilines is 1. The number of ether oxygens (including phenoxy) is 4. The van der Waals surface area contributed by atoms with Gasteiger partial charge in [-0.2, -0.15) is 4.98 Å². The molecule has 4 atom stereocenters. The summed E-state index contributed by atoms with van der Waals surface area (Å²) in [5.74, 6) is -1.05. The molecule has 3 aromatic rings. The van der Waals surface area contributed by atoms with Crippen molar-refractivity contribution in [1.29, 1.82) is 0 Å². The molecule has 5 rings (SSSR count). The van der Waals surface area contributed by atoms with Crippen LogP contribution in [0.4, 0.5) is 14.6 Å². The summed E-state index contributed by atoms with van der Waals surface area (Å²) in [6, 6.07) is 5.56. The summed E-state index contributed by atoms with van der Waals surface area (Å²) >= 11 is 6.29. The highest BCUT2D eigenvalue weighted by molar-refractivity contribution is 6.33. The van der Waals surface area contributed by atoms with E-state index in [1.165, 1.54) is 18.2 Å². The second kappa shape index (κ2) is 8.78. The molecule has 0 unspecified atom stereocenters. The molecule has 32 heavy (non-hydrogen) atoms. The molecule has 2 N–H and O–H groups in total. The minimum absolute atomic E-state index is 0.103. The van der Waals surface area contributed by atoms with Crippen LogP contribution >= 0.6 is 11.6 Å². The number of hydrogen-bond donors (Lipinski definition) is 2. The predicted molar refractivity (Wildman–Crippen MR) is 112 cm³/mol. The lowest BCUT2D eigenvalue weighted by Gasteiger charge is -2.16. The Kier molecular flexibility index (Phi) is 5.85. The van der Waals surface area contributed by atoms with E-state index >= 15 is 0 Å². The molecule has 8 nitrogen and oxygen atoms in total. The predicted octanol–water partition coefficient (Wildman–Crippen LogP) is 3.45. The third kappa shape index (κ3) is 3.99. The first kappa shape index (κ1) is 21.3. The Labute approximate surface area is 187 Å². The van der Waals surface area contributed by atoms with E-state index in [-0.39, 0.29) is 53.4 Å². The van der Waals surface area contributed by atoms with E-state index in [1.807, 2.05) is 6.92 Å². The SMILES string of the molecule is CCO[C@@H]1CO[C@H]2[C@@H]1OC[C@H]2Oc1nc2nc(NCc3c(F)cccc3F)c(Cl)cc2[nH]1. The van der Waals surface area contributed by atoms with Crippen LogP contribution in [0.3, 0.4) is 0 Å². The molecule has 11 heteroatoms. The fraction of sp³-hybridized carbons (Fsp3) is 0.429. The lowest BCUT2D eigenvalue weighted by molar-refractivity contribution is -0.0313. The van der Waals surface area contributed by atoms with Crippen molar-refractivity contribution in [2.24, 2.45) is 0 Å². The molecule has 2 fully saturated rings. The number of aromatic nitrogens is 3. The molecule has 170 valence electrons. The number of H-pyrrole nitrogens is 1. The first-order valence-electron chi connectivity index (χ1n) is 10.3. The summed E-state index contributed by atoms with van der Waals surface area (Å²) in [5.41, 5.74) is 0.799. The minimum atomic E-state index is -0.650. The summed E-state index contributed by atoms with van der Waals surface area (Å²) in [4.78, 5) is 11.7. The topological polar surface area (TPSA) is 90.5 Å². The van der Waals surface area contributed by atoms with Gasteiger partial charge < -0.3 is 29.2 Å². The van der Waals surface area contributed by atoms with E-state index in [0.717, 1.165) is 0 Å². The van der Waals surface area contributed by atoms with E-state index in [0.29, 0.717) is 31.0 Å². The van der Waals surface area contributed by atoms with Crippen molar-refractivity contribution in [3.63, 3.8) is 0 Å². The molecule has 2 aromatic heterocycles. The van der Waals surface area contributed by atoms with Crippen LogP contribution in [0.2, 0.25) is 5.02 Å². The molecular weight excluding hydrogens is 446 g/mol. The average Bonchev–Trinajstić information content (AvgIpc) is 3.45. The molecule has 0 bridgehead atoms. The summed E-state index contributed by atoms with van der Waals surface area (Å²) in [6.45, 7) is 3.20. The van der Waals surface area contributed by atoms with E-state index in [9.17, 15) is 8.78 Å². The largest absolute Gasteiger partial charge is 0.456 e. The number of aromatic amines is 1. The zero-order chi connectivity index (χ0) is 22.2. The van der Waals surface area contributed by atoms with Gasteiger partial charge in [-0.3, -0.25) is 0 Å². The second-order valence-corrected chi connectivity index (χ2v) is 7.94. The zero-order valence-electron chi connectivity index (χ0n) is 17.1. The molecule has 0 amide bonds. The lowest BCUT2D eigenvalue weighted by atomic mass is 10.1. The van der Waals surface area contributed by atoms with Crippen molar-refractivity contribution < 1.29 is 27.7 Å². The molecule has 0 spiro atoms. The Morgan fingerprint density at radius 2 is 1.88 bits per heavy atom. The van der Waals surface area contributed by atoms with Crippen LogP contribution in [0, 0.1) is 11.6 Å². The third-order valence-electron chi connectivity index (χ3n) is 5.51. The minimum Gasteiger partial charge on any atom is -0.456 e. The molecule has 2 saturated heterocycles. The molecule has 0 radical (unpaired) electrons. The van der Waals surface area contributed by atoms with Gasteiger partial charge in [0.2, 0.25) is 0 Å². The van der Waals surface area contributed by atoms with Gasteiger partial charge in [-0.15, -0.1) is 0 Å². The number of hydrogen-bond acceptors (Lipinski definition) is 7. The van der Waals surface area contributed by atoms with E-state index in [2.05, 4.69) is 20.3 Å². The first-order chi connectivity index (χ1) is 15.5. The van der Waals surface area contributed by atoms with E-state index in [1.54, 1.807) is 6.07 Å². The van der Waals surface area contributed by atoms with Crippen LogP contribution in [-0.4, -0.2) is 59.2 Å². The van der Waals surface area contributed by atoms with Gasteiger partial charge in [-0.05, 0) is 25.1 Å². The highest BCUT2D eigenvalue weighted by Gasteiger charge is 2.49. The number of halogens is 3.